The van der Waals surface area contributed by atoms with E-state index in [2.05, 4.69) is 29.3 Å². The Kier molecular flexibility index (Phi) is 6.64. The molecule has 0 bridgehead atoms. The molecule has 1 heterocycles. The smallest absolute Gasteiger partial charge is 0.226 e. The zero-order valence-electron chi connectivity index (χ0n) is 13.6. The van der Waals surface area contributed by atoms with Crippen molar-refractivity contribution in [2.75, 3.05) is 13.7 Å². The van der Waals surface area contributed by atoms with Gasteiger partial charge in [0.05, 0.1) is 0 Å². The molecule has 120 valence electrons. The van der Waals surface area contributed by atoms with Crippen molar-refractivity contribution in [2.24, 2.45) is 5.92 Å². The second-order valence-corrected chi connectivity index (χ2v) is 6.10. The van der Waals surface area contributed by atoms with Crippen LogP contribution in [-0.2, 0) is 11.2 Å². The van der Waals surface area contributed by atoms with Crippen molar-refractivity contribution in [3.05, 3.63) is 11.7 Å². The summed E-state index contributed by atoms with van der Waals surface area (Å²) in [5, 5.41) is 7.55. The summed E-state index contributed by atoms with van der Waals surface area (Å²) >= 11 is 0. The first kappa shape index (κ1) is 16.4. The van der Waals surface area contributed by atoms with Gasteiger partial charge in [0.15, 0.2) is 0 Å². The van der Waals surface area contributed by atoms with Gasteiger partial charge in [0.25, 0.3) is 0 Å². The van der Waals surface area contributed by atoms with Crippen LogP contribution >= 0.6 is 0 Å². The number of ether oxygens (including phenoxy) is 1. The second-order valence-electron chi connectivity index (χ2n) is 6.10. The van der Waals surface area contributed by atoms with E-state index in [1.807, 2.05) is 0 Å². The van der Waals surface area contributed by atoms with Gasteiger partial charge in [-0.2, -0.15) is 4.98 Å². The molecule has 1 saturated carbocycles. The molecule has 0 saturated heterocycles. The first-order valence-corrected chi connectivity index (χ1v) is 8.33. The van der Waals surface area contributed by atoms with Gasteiger partial charge in [-0.05, 0) is 38.6 Å². The molecule has 0 amide bonds. The van der Waals surface area contributed by atoms with Crippen LogP contribution < -0.4 is 5.32 Å². The van der Waals surface area contributed by atoms with Gasteiger partial charge in [-0.25, -0.2) is 0 Å². The third-order valence-corrected chi connectivity index (χ3v) is 4.41. The van der Waals surface area contributed by atoms with Crippen molar-refractivity contribution in [3.8, 4) is 0 Å². The lowest BCUT2D eigenvalue weighted by Gasteiger charge is -2.26. The lowest BCUT2D eigenvalue weighted by molar-refractivity contribution is 0.0273. The Bertz CT molecular complexity index is 402. The van der Waals surface area contributed by atoms with Gasteiger partial charge in [0, 0.05) is 19.6 Å². The van der Waals surface area contributed by atoms with Crippen LogP contribution in [0.25, 0.3) is 0 Å². The highest BCUT2D eigenvalue weighted by atomic mass is 16.5. The Labute approximate surface area is 127 Å². The van der Waals surface area contributed by atoms with Gasteiger partial charge in [-0.1, -0.05) is 31.3 Å². The summed E-state index contributed by atoms with van der Waals surface area (Å²) in [5.74, 6) is 2.00. The molecule has 1 aromatic heterocycles. The van der Waals surface area contributed by atoms with Crippen molar-refractivity contribution < 1.29 is 9.26 Å². The summed E-state index contributed by atoms with van der Waals surface area (Å²) in [6, 6.07) is 0.474. The van der Waals surface area contributed by atoms with Crippen LogP contribution in [-0.4, -0.2) is 29.8 Å². The van der Waals surface area contributed by atoms with E-state index < -0.39 is 0 Å². The van der Waals surface area contributed by atoms with E-state index in [1.54, 1.807) is 7.11 Å². The number of hydrogen-bond donors (Lipinski definition) is 1. The minimum absolute atomic E-state index is 0.00556. The van der Waals surface area contributed by atoms with Crippen molar-refractivity contribution in [3.63, 3.8) is 0 Å². The van der Waals surface area contributed by atoms with E-state index >= 15 is 0 Å². The fraction of sp³-hybridized carbons (Fsp3) is 0.875. The Morgan fingerprint density at radius 2 is 2.10 bits per heavy atom. The first-order chi connectivity index (χ1) is 10.2. The van der Waals surface area contributed by atoms with Crippen molar-refractivity contribution >= 4 is 0 Å². The maximum absolute atomic E-state index is 5.66. The Morgan fingerprint density at radius 3 is 2.76 bits per heavy atom. The number of nitrogens with one attached hydrogen (secondary N) is 1. The second kappa shape index (κ2) is 8.49. The number of methoxy groups -OCH3 is 1. The van der Waals surface area contributed by atoms with Crippen molar-refractivity contribution in [2.45, 2.75) is 70.9 Å². The molecule has 1 aliphatic rings. The van der Waals surface area contributed by atoms with E-state index in [-0.39, 0.29) is 6.10 Å². The number of aryl methyl sites for hydroxylation is 1. The molecule has 5 nitrogen and oxygen atoms in total. The SMILES string of the molecule is CCNC(C)CCc1nc(C(OC)C2CCCCC2)no1. The molecule has 1 fully saturated rings. The minimum atomic E-state index is -0.00556. The van der Waals surface area contributed by atoms with Crippen LogP contribution in [0.3, 0.4) is 0 Å². The van der Waals surface area contributed by atoms with Crippen LogP contribution in [0, 0.1) is 5.92 Å². The molecule has 0 aromatic carbocycles. The summed E-state index contributed by atoms with van der Waals surface area (Å²) in [4.78, 5) is 4.56. The predicted molar refractivity (Wildman–Crippen MR) is 82.1 cm³/mol. The summed E-state index contributed by atoms with van der Waals surface area (Å²) in [6.45, 7) is 5.29. The number of nitrogens with zero attached hydrogens (tertiary/aromatic N) is 2. The van der Waals surface area contributed by atoms with Gasteiger partial charge in [0.1, 0.15) is 6.10 Å². The molecule has 1 N–H and O–H groups in total. The number of aromatic nitrogens is 2. The summed E-state index contributed by atoms with van der Waals surface area (Å²) in [5.41, 5.74) is 0. The van der Waals surface area contributed by atoms with Gasteiger partial charge in [-0.3, -0.25) is 0 Å². The monoisotopic (exact) mass is 295 g/mol. The molecular formula is C16H29N3O2. The molecule has 0 aliphatic heterocycles. The Morgan fingerprint density at radius 1 is 1.33 bits per heavy atom. The zero-order chi connectivity index (χ0) is 15.1. The molecule has 0 radical (unpaired) electrons. The minimum Gasteiger partial charge on any atom is -0.373 e. The molecule has 2 atom stereocenters. The lowest BCUT2D eigenvalue weighted by Crippen LogP contribution is -2.25. The molecule has 21 heavy (non-hydrogen) atoms. The van der Waals surface area contributed by atoms with Crippen LogP contribution in [0.1, 0.15) is 70.2 Å². The average Bonchev–Trinajstić information content (AvgIpc) is 2.96. The van der Waals surface area contributed by atoms with Gasteiger partial charge >= 0.3 is 0 Å². The third-order valence-electron chi connectivity index (χ3n) is 4.41. The quantitative estimate of drug-likeness (QED) is 0.797. The average molecular weight is 295 g/mol. The third kappa shape index (κ3) is 4.78. The van der Waals surface area contributed by atoms with Crippen LogP contribution in [0.5, 0.6) is 0 Å². The highest BCUT2D eigenvalue weighted by molar-refractivity contribution is 4.95. The maximum Gasteiger partial charge on any atom is 0.226 e. The highest BCUT2D eigenvalue weighted by Crippen LogP contribution is 2.35. The van der Waals surface area contributed by atoms with E-state index in [9.17, 15) is 0 Å². The standard InChI is InChI=1S/C16H29N3O2/c1-4-17-12(2)10-11-14-18-16(19-21-14)15(20-3)13-8-6-5-7-9-13/h12-13,15,17H,4-11H2,1-3H3. The summed E-state index contributed by atoms with van der Waals surface area (Å²) in [6.07, 6.45) is 8.16. The first-order valence-electron chi connectivity index (χ1n) is 8.33. The van der Waals surface area contributed by atoms with E-state index in [0.29, 0.717) is 12.0 Å². The van der Waals surface area contributed by atoms with Crippen LogP contribution in [0.2, 0.25) is 0 Å². The fourth-order valence-corrected chi connectivity index (χ4v) is 3.22. The van der Waals surface area contributed by atoms with Gasteiger partial charge in [-0.15, -0.1) is 0 Å². The Hall–Kier alpha value is -0.940. The largest absolute Gasteiger partial charge is 0.373 e. The number of hydrogen-bond acceptors (Lipinski definition) is 5. The van der Waals surface area contributed by atoms with Gasteiger partial charge in [0.2, 0.25) is 11.7 Å². The van der Waals surface area contributed by atoms with Crippen molar-refractivity contribution in [1.82, 2.24) is 15.5 Å². The van der Waals surface area contributed by atoms with Crippen molar-refractivity contribution in [1.29, 1.82) is 0 Å². The molecule has 1 aliphatic carbocycles. The van der Waals surface area contributed by atoms with Crippen LogP contribution in [0.15, 0.2) is 4.52 Å². The fourth-order valence-electron chi connectivity index (χ4n) is 3.22. The highest BCUT2D eigenvalue weighted by Gasteiger charge is 2.28. The van der Waals surface area contributed by atoms with E-state index in [4.69, 9.17) is 9.26 Å². The molecular weight excluding hydrogens is 266 g/mol. The summed E-state index contributed by atoms with van der Waals surface area (Å²) in [7, 11) is 1.75. The molecule has 0 spiro atoms. The molecule has 2 unspecified atom stereocenters. The predicted octanol–water partition coefficient (Wildman–Crippen LogP) is 3.27. The summed E-state index contributed by atoms with van der Waals surface area (Å²) < 4.78 is 11.1. The molecule has 1 aromatic rings. The molecule has 2 rings (SSSR count). The number of rotatable bonds is 8. The lowest BCUT2D eigenvalue weighted by atomic mass is 9.85. The van der Waals surface area contributed by atoms with Gasteiger partial charge < -0.3 is 14.6 Å². The normalized spacial score (nSPS) is 19.6. The molecule has 5 heteroatoms. The van der Waals surface area contributed by atoms with E-state index in [0.717, 1.165) is 31.1 Å². The van der Waals surface area contributed by atoms with E-state index in [1.165, 1.54) is 32.1 Å². The zero-order valence-corrected chi connectivity index (χ0v) is 13.6. The topological polar surface area (TPSA) is 60.2 Å². The van der Waals surface area contributed by atoms with Crippen LogP contribution in [0.4, 0.5) is 0 Å². The Balaban J connectivity index is 1.90. The maximum atomic E-state index is 5.66.